The molecule has 0 saturated heterocycles. The second kappa shape index (κ2) is 2.36. The fourth-order valence-corrected chi connectivity index (χ4v) is 0.923. The van der Waals surface area contributed by atoms with Gasteiger partial charge in [-0.2, -0.15) is 0 Å². The van der Waals surface area contributed by atoms with Crippen molar-refractivity contribution < 1.29 is 0 Å². The maximum Gasteiger partial charge on any atom is 0.00146 e. The van der Waals surface area contributed by atoms with Gasteiger partial charge in [0.15, 0.2) is 0 Å². The maximum atomic E-state index is 5.55. The summed E-state index contributed by atoms with van der Waals surface area (Å²) in [6.07, 6.45) is 9.55. The Morgan fingerprint density at radius 3 is 2.67 bits per heavy atom. The molecule has 0 fully saturated rings. The van der Waals surface area contributed by atoms with Gasteiger partial charge in [-0.05, 0) is 6.42 Å². The minimum atomic E-state index is 0.231. The van der Waals surface area contributed by atoms with E-state index in [1.807, 2.05) is 0 Å². The summed E-state index contributed by atoms with van der Waals surface area (Å²) >= 11 is 0. The Labute approximate surface area is 56.2 Å². The normalized spacial score (nSPS) is 33.1. The standard InChI is InChI=1S/C8H13N/c1-8(7-9)5-3-2-4-6-8/h2-5H,6-7,9H2,1H3. The molecular formula is C8H13N. The van der Waals surface area contributed by atoms with Crippen LogP contribution in [0.4, 0.5) is 0 Å². The van der Waals surface area contributed by atoms with E-state index in [9.17, 15) is 0 Å². The van der Waals surface area contributed by atoms with E-state index in [2.05, 4.69) is 31.2 Å². The zero-order valence-corrected chi connectivity index (χ0v) is 5.80. The van der Waals surface area contributed by atoms with Crippen molar-refractivity contribution in [1.29, 1.82) is 0 Å². The molecule has 1 aliphatic carbocycles. The molecule has 1 aliphatic rings. The van der Waals surface area contributed by atoms with Gasteiger partial charge in [0.2, 0.25) is 0 Å². The first-order chi connectivity index (χ1) is 4.27. The van der Waals surface area contributed by atoms with E-state index < -0.39 is 0 Å². The van der Waals surface area contributed by atoms with Crippen molar-refractivity contribution in [2.24, 2.45) is 11.1 Å². The number of rotatable bonds is 1. The SMILES string of the molecule is CC1(CN)C=CC=CC1. The van der Waals surface area contributed by atoms with Gasteiger partial charge in [0.1, 0.15) is 0 Å². The highest BCUT2D eigenvalue weighted by Crippen LogP contribution is 2.24. The van der Waals surface area contributed by atoms with Gasteiger partial charge < -0.3 is 5.73 Å². The van der Waals surface area contributed by atoms with Crippen molar-refractivity contribution in [2.45, 2.75) is 13.3 Å². The minimum Gasteiger partial charge on any atom is -0.330 e. The van der Waals surface area contributed by atoms with Crippen LogP contribution in [0.25, 0.3) is 0 Å². The Hall–Kier alpha value is -0.560. The molecule has 2 N–H and O–H groups in total. The lowest BCUT2D eigenvalue weighted by atomic mass is 9.84. The smallest absolute Gasteiger partial charge is 0.00146 e. The second-order valence-electron chi connectivity index (χ2n) is 2.85. The summed E-state index contributed by atoms with van der Waals surface area (Å²) in [5.41, 5.74) is 5.78. The molecule has 0 aliphatic heterocycles. The van der Waals surface area contributed by atoms with Crippen LogP contribution in [0.1, 0.15) is 13.3 Å². The average Bonchev–Trinajstić information content (AvgIpc) is 1.90. The van der Waals surface area contributed by atoms with Crippen molar-refractivity contribution in [2.75, 3.05) is 6.54 Å². The molecule has 0 saturated carbocycles. The van der Waals surface area contributed by atoms with Crippen molar-refractivity contribution in [3.8, 4) is 0 Å². The highest BCUT2D eigenvalue weighted by Gasteiger charge is 2.17. The van der Waals surface area contributed by atoms with Gasteiger partial charge in [-0.1, -0.05) is 31.2 Å². The van der Waals surface area contributed by atoms with E-state index in [0.29, 0.717) is 0 Å². The summed E-state index contributed by atoms with van der Waals surface area (Å²) in [5, 5.41) is 0. The van der Waals surface area contributed by atoms with Crippen LogP contribution < -0.4 is 5.73 Å². The van der Waals surface area contributed by atoms with E-state index in [4.69, 9.17) is 5.73 Å². The van der Waals surface area contributed by atoms with Crippen LogP contribution in [-0.4, -0.2) is 6.54 Å². The molecule has 1 heteroatoms. The molecule has 0 amide bonds. The molecule has 0 heterocycles. The van der Waals surface area contributed by atoms with Crippen molar-refractivity contribution in [3.63, 3.8) is 0 Å². The molecule has 0 aromatic rings. The highest BCUT2D eigenvalue weighted by atomic mass is 14.6. The number of hydrogen-bond donors (Lipinski definition) is 1. The van der Waals surface area contributed by atoms with Crippen LogP contribution in [0.2, 0.25) is 0 Å². The van der Waals surface area contributed by atoms with E-state index >= 15 is 0 Å². The average molecular weight is 123 g/mol. The minimum absolute atomic E-state index is 0.231. The summed E-state index contributed by atoms with van der Waals surface area (Å²) in [6, 6.07) is 0. The lowest BCUT2D eigenvalue weighted by Gasteiger charge is -2.23. The van der Waals surface area contributed by atoms with Crippen LogP contribution in [0.5, 0.6) is 0 Å². The van der Waals surface area contributed by atoms with E-state index in [0.717, 1.165) is 13.0 Å². The molecule has 0 aromatic carbocycles. The molecule has 1 atom stereocenters. The van der Waals surface area contributed by atoms with Gasteiger partial charge in [0, 0.05) is 12.0 Å². The molecule has 0 radical (unpaired) electrons. The predicted octanol–water partition coefficient (Wildman–Crippen LogP) is 1.47. The largest absolute Gasteiger partial charge is 0.330 e. The first-order valence-electron chi connectivity index (χ1n) is 3.31. The second-order valence-corrected chi connectivity index (χ2v) is 2.85. The number of nitrogens with two attached hydrogens (primary N) is 1. The Kier molecular flexibility index (Phi) is 1.72. The van der Waals surface area contributed by atoms with Crippen LogP contribution in [-0.2, 0) is 0 Å². The fraction of sp³-hybridized carbons (Fsp3) is 0.500. The number of hydrogen-bond acceptors (Lipinski definition) is 1. The van der Waals surface area contributed by atoms with Crippen LogP contribution in [0, 0.1) is 5.41 Å². The lowest BCUT2D eigenvalue weighted by molar-refractivity contribution is 0.443. The Morgan fingerprint density at radius 1 is 1.56 bits per heavy atom. The molecule has 0 spiro atoms. The Morgan fingerprint density at radius 2 is 2.33 bits per heavy atom. The van der Waals surface area contributed by atoms with Crippen LogP contribution in [0.3, 0.4) is 0 Å². The molecule has 1 rings (SSSR count). The fourth-order valence-electron chi connectivity index (χ4n) is 0.923. The molecule has 0 aromatic heterocycles. The van der Waals surface area contributed by atoms with E-state index in [1.54, 1.807) is 0 Å². The summed E-state index contributed by atoms with van der Waals surface area (Å²) in [6.45, 7) is 2.92. The topological polar surface area (TPSA) is 26.0 Å². The van der Waals surface area contributed by atoms with Gasteiger partial charge in [-0.25, -0.2) is 0 Å². The van der Waals surface area contributed by atoms with Gasteiger partial charge in [-0.15, -0.1) is 0 Å². The third kappa shape index (κ3) is 1.42. The van der Waals surface area contributed by atoms with Crippen molar-refractivity contribution in [1.82, 2.24) is 0 Å². The van der Waals surface area contributed by atoms with Gasteiger partial charge >= 0.3 is 0 Å². The van der Waals surface area contributed by atoms with Gasteiger partial charge in [0.25, 0.3) is 0 Å². The van der Waals surface area contributed by atoms with Crippen LogP contribution >= 0.6 is 0 Å². The zero-order chi connectivity index (χ0) is 6.74. The first kappa shape index (κ1) is 6.56. The van der Waals surface area contributed by atoms with Gasteiger partial charge in [0.05, 0.1) is 0 Å². The molecule has 50 valence electrons. The Balaban J connectivity index is 2.63. The van der Waals surface area contributed by atoms with Gasteiger partial charge in [-0.3, -0.25) is 0 Å². The van der Waals surface area contributed by atoms with Crippen molar-refractivity contribution >= 4 is 0 Å². The number of allylic oxidation sites excluding steroid dienone is 3. The van der Waals surface area contributed by atoms with Crippen molar-refractivity contribution in [3.05, 3.63) is 24.3 Å². The molecular weight excluding hydrogens is 110 g/mol. The summed E-state index contributed by atoms with van der Waals surface area (Å²) in [5.74, 6) is 0. The molecule has 1 unspecified atom stereocenters. The zero-order valence-electron chi connectivity index (χ0n) is 5.80. The Bertz CT molecular complexity index is 147. The molecule has 9 heavy (non-hydrogen) atoms. The maximum absolute atomic E-state index is 5.55. The lowest BCUT2D eigenvalue weighted by Crippen LogP contribution is -2.24. The summed E-state index contributed by atoms with van der Waals surface area (Å²) in [4.78, 5) is 0. The van der Waals surface area contributed by atoms with E-state index in [-0.39, 0.29) is 5.41 Å². The van der Waals surface area contributed by atoms with Crippen LogP contribution in [0.15, 0.2) is 24.3 Å². The quantitative estimate of drug-likeness (QED) is 0.561. The first-order valence-corrected chi connectivity index (χ1v) is 3.31. The van der Waals surface area contributed by atoms with E-state index in [1.165, 1.54) is 0 Å². The summed E-state index contributed by atoms with van der Waals surface area (Å²) in [7, 11) is 0. The third-order valence-electron chi connectivity index (χ3n) is 1.80. The highest BCUT2D eigenvalue weighted by molar-refractivity contribution is 5.15. The summed E-state index contributed by atoms with van der Waals surface area (Å²) < 4.78 is 0. The molecule has 0 bridgehead atoms. The predicted molar refractivity (Wildman–Crippen MR) is 40.1 cm³/mol. The third-order valence-corrected chi connectivity index (χ3v) is 1.80. The monoisotopic (exact) mass is 123 g/mol. The molecule has 1 nitrogen and oxygen atoms in total.